The Balaban J connectivity index is 1.66. The number of aliphatic hydroxyl groups excluding tert-OH is 1. The van der Waals surface area contributed by atoms with Crippen LogP contribution in [-0.4, -0.2) is 49.1 Å². The van der Waals surface area contributed by atoms with Gasteiger partial charge in [-0.2, -0.15) is 0 Å². The SMILES string of the molecule is C[C@@H](O)[C@H]1C(=O)N2C(C(=O)O)=C(Sc3nc4ccc(N)cc4[nH]3)C[C@H]12. The fraction of sp³-hybridized carbons (Fsp3) is 0.312. The van der Waals surface area contributed by atoms with Crippen LogP contribution in [0.3, 0.4) is 0 Å². The van der Waals surface area contributed by atoms with Crippen molar-refractivity contribution in [2.75, 3.05) is 5.73 Å². The summed E-state index contributed by atoms with van der Waals surface area (Å²) in [6, 6.07) is 4.98. The van der Waals surface area contributed by atoms with Crippen LogP contribution in [-0.2, 0) is 9.59 Å². The van der Waals surface area contributed by atoms with Crippen molar-refractivity contribution < 1.29 is 19.8 Å². The van der Waals surface area contributed by atoms with Crippen molar-refractivity contribution in [2.24, 2.45) is 5.92 Å². The van der Waals surface area contributed by atoms with Crippen LogP contribution in [0.4, 0.5) is 5.69 Å². The molecular formula is C16H16N4O4S. The summed E-state index contributed by atoms with van der Waals surface area (Å²) in [6.07, 6.45) is -0.408. The van der Waals surface area contributed by atoms with Gasteiger partial charge in [0.1, 0.15) is 5.70 Å². The van der Waals surface area contributed by atoms with E-state index in [4.69, 9.17) is 5.73 Å². The van der Waals surface area contributed by atoms with E-state index in [9.17, 15) is 19.8 Å². The number of nitrogens with one attached hydrogen (secondary N) is 1. The van der Waals surface area contributed by atoms with Gasteiger partial charge in [0.15, 0.2) is 5.16 Å². The van der Waals surface area contributed by atoms with Crippen molar-refractivity contribution in [3.63, 3.8) is 0 Å². The number of aliphatic hydroxyl groups is 1. The van der Waals surface area contributed by atoms with Crippen LogP contribution in [0.25, 0.3) is 11.0 Å². The van der Waals surface area contributed by atoms with Crippen molar-refractivity contribution in [1.29, 1.82) is 0 Å². The predicted molar refractivity (Wildman–Crippen MR) is 91.4 cm³/mol. The maximum atomic E-state index is 12.2. The highest BCUT2D eigenvalue weighted by Crippen LogP contribution is 2.48. The highest BCUT2D eigenvalue weighted by atomic mass is 32.2. The van der Waals surface area contributed by atoms with Gasteiger partial charge in [-0.25, -0.2) is 9.78 Å². The van der Waals surface area contributed by atoms with Crippen molar-refractivity contribution in [2.45, 2.75) is 30.6 Å². The van der Waals surface area contributed by atoms with E-state index in [0.29, 0.717) is 22.2 Å². The van der Waals surface area contributed by atoms with Gasteiger partial charge in [0.2, 0.25) is 5.91 Å². The van der Waals surface area contributed by atoms with Gasteiger partial charge in [-0.15, -0.1) is 0 Å². The Bertz CT molecular complexity index is 935. The number of hydrogen-bond acceptors (Lipinski definition) is 6. The minimum absolute atomic E-state index is 0.0168. The quantitative estimate of drug-likeness (QED) is 0.475. The van der Waals surface area contributed by atoms with Crippen molar-refractivity contribution in [1.82, 2.24) is 14.9 Å². The van der Waals surface area contributed by atoms with E-state index in [1.54, 1.807) is 25.1 Å². The second-order valence-electron chi connectivity index (χ2n) is 6.24. The van der Waals surface area contributed by atoms with Gasteiger partial charge in [-0.1, -0.05) is 11.8 Å². The molecule has 130 valence electrons. The Morgan fingerprint density at radius 1 is 1.52 bits per heavy atom. The van der Waals surface area contributed by atoms with E-state index < -0.39 is 18.0 Å². The molecule has 1 aromatic heterocycles. The third kappa shape index (κ3) is 2.38. The van der Waals surface area contributed by atoms with E-state index in [0.717, 1.165) is 11.0 Å². The molecule has 0 saturated carbocycles. The molecule has 3 heterocycles. The molecule has 2 aliphatic rings. The van der Waals surface area contributed by atoms with Crippen LogP contribution in [0.15, 0.2) is 34.0 Å². The lowest BCUT2D eigenvalue weighted by Gasteiger charge is -2.44. The molecule has 0 spiro atoms. The van der Waals surface area contributed by atoms with Crippen LogP contribution in [0.2, 0.25) is 0 Å². The van der Waals surface area contributed by atoms with Gasteiger partial charge in [0.05, 0.1) is 29.1 Å². The number of aromatic nitrogens is 2. The second-order valence-corrected chi connectivity index (χ2v) is 7.33. The molecular weight excluding hydrogens is 344 g/mol. The maximum absolute atomic E-state index is 12.2. The van der Waals surface area contributed by atoms with E-state index in [1.165, 1.54) is 16.7 Å². The summed E-state index contributed by atoms with van der Waals surface area (Å²) in [5, 5.41) is 19.8. The lowest BCUT2D eigenvalue weighted by Crippen LogP contribution is -2.61. The smallest absolute Gasteiger partial charge is 0.353 e. The monoisotopic (exact) mass is 360 g/mol. The predicted octanol–water partition coefficient (Wildman–Crippen LogP) is 1.14. The Morgan fingerprint density at radius 3 is 2.96 bits per heavy atom. The summed E-state index contributed by atoms with van der Waals surface area (Å²) >= 11 is 1.20. The summed E-state index contributed by atoms with van der Waals surface area (Å²) in [4.78, 5) is 33.2. The normalized spacial score (nSPS) is 23.8. The number of carbonyl (C=O) groups is 2. The number of anilines is 1. The van der Waals surface area contributed by atoms with Crippen molar-refractivity contribution in [3.05, 3.63) is 28.8 Å². The molecule has 2 aromatic rings. The number of H-pyrrole nitrogens is 1. The number of aromatic amines is 1. The first-order valence-electron chi connectivity index (χ1n) is 7.77. The molecule has 25 heavy (non-hydrogen) atoms. The lowest BCUT2D eigenvalue weighted by molar-refractivity contribution is -0.161. The first-order valence-corrected chi connectivity index (χ1v) is 8.59. The first kappa shape index (κ1) is 16.0. The Labute approximate surface area is 146 Å². The number of carboxylic acid groups (broad SMARTS) is 1. The molecule has 8 nitrogen and oxygen atoms in total. The molecule has 1 fully saturated rings. The molecule has 1 saturated heterocycles. The number of aliphatic carboxylic acids is 1. The Kier molecular flexibility index (Phi) is 3.51. The molecule has 0 unspecified atom stereocenters. The second kappa shape index (κ2) is 5.50. The highest BCUT2D eigenvalue weighted by molar-refractivity contribution is 8.03. The van der Waals surface area contributed by atoms with Crippen LogP contribution in [0, 0.1) is 5.92 Å². The Morgan fingerprint density at radius 2 is 2.28 bits per heavy atom. The molecule has 4 rings (SSSR count). The summed E-state index contributed by atoms with van der Waals surface area (Å²) in [7, 11) is 0. The summed E-state index contributed by atoms with van der Waals surface area (Å²) in [5.41, 5.74) is 7.83. The average molecular weight is 360 g/mol. The summed E-state index contributed by atoms with van der Waals surface area (Å²) in [5.74, 6) is -2.05. The zero-order chi connectivity index (χ0) is 17.9. The molecule has 5 N–H and O–H groups in total. The Hall–Kier alpha value is -2.52. The van der Waals surface area contributed by atoms with Gasteiger partial charge in [0.25, 0.3) is 0 Å². The van der Waals surface area contributed by atoms with Gasteiger partial charge in [-0.05, 0) is 25.1 Å². The van der Waals surface area contributed by atoms with Gasteiger partial charge in [0, 0.05) is 17.0 Å². The standard InChI is InChI=1S/C16H16N4O4S/c1-6(21)12-10-5-11(13(15(23)24)20(10)14(12)22)25-16-18-8-3-2-7(17)4-9(8)19-16/h2-4,6,10,12,21H,5,17H2,1H3,(H,18,19)(H,23,24)/t6-,10-,12-/m1/s1. The minimum Gasteiger partial charge on any atom is -0.477 e. The van der Waals surface area contributed by atoms with Crippen LogP contribution >= 0.6 is 11.8 Å². The van der Waals surface area contributed by atoms with Crippen LogP contribution in [0.5, 0.6) is 0 Å². The summed E-state index contributed by atoms with van der Waals surface area (Å²) in [6.45, 7) is 1.55. The molecule has 9 heteroatoms. The molecule has 1 aromatic carbocycles. The van der Waals surface area contributed by atoms with E-state index in [2.05, 4.69) is 9.97 Å². The number of benzene rings is 1. The number of nitrogen functional groups attached to an aromatic ring is 1. The fourth-order valence-corrected chi connectivity index (χ4v) is 4.57. The van der Waals surface area contributed by atoms with E-state index in [1.807, 2.05) is 0 Å². The first-order chi connectivity index (χ1) is 11.9. The van der Waals surface area contributed by atoms with Crippen molar-refractivity contribution >= 4 is 40.4 Å². The third-order valence-corrected chi connectivity index (χ3v) is 5.59. The number of amides is 1. The number of nitrogens with two attached hydrogens (primary N) is 1. The number of carboxylic acids is 1. The number of β-lactam (4-membered cyclic amide) rings is 1. The number of nitrogens with zero attached hydrogens (tertiary/aromatic N) is 2. The molecule has 3 atom stereocenters. The topological polar surface area (TPSA) is 133 Å². The molecule has 0 aliphatic carbocycles. The fourth-order valence-electron chi connectivity index (χ4n) is 3.49. The number of rotatable bonds is 4. The number of imidazole rings is 1. The van der Waals surface area contributed by atoms with Crippen molar-refractivity contribution in [3.8, 4) is 0 Å². The zero-order valence-corrected chi connectivity index (χ0v) is 14.1. The lowest BCUT2D eigenvalue weighted by atomic mass is 9.83. The van der Waals surface area contributed by atoms with Crippen LogP contribution in [0.1, 0.15) is 13.3 Å². The van der Waals surface area contributed by atoms with Gasteiger partial charge in [-0.3, -0.25) is 4.79 Å². The number of hydrogen-bond donors (Lipinski definition) is 4. The largest absolute Gasteiger partial charge is 0.477 e. The maximum Gasteiger partial charge on any atom is 0.353 e. The average Bonchev–Trinajstić information content (AvgIpc) is 3.05. The van der Waals surface area contributed by atoms with Gasteiger partial charge >= 0.3 is 5.97 Å². The van der Waals surface area contributed by atoms with E-state index in [-0.39, 0.29) is 17.6 Å². The molecule has 2 aliphatic heterocycles. The third-order valence-electron chi connectivity index (χ3n) is 4.59. The number of thioether (sulfide) groups is 1. The highest BCUT2D eigenvalue weighted by Gasteiger charge is 2.56. The number of carbonyl (C=O) groups excluding carboxylic acids is 1. The minimum atomic E-state index is -1.15. The zero-order valence-electron chi connectivity index (χ0n) is 13.3. The summed E-state index contributed by atoms with van der Waals surface area (Å²) < 4.78 is 0. The number of fused-ring (bicyclic) bond motifs is 2. The molecule has 1 amide bonds. The molecule has 0 radical (unpaired) electrons. The van der Waals surface area contributed by atoms with Gasteiger partial charge < -0.3 is 25.8 Å². The van der Waals surface area contributed by atoms with Crippen LogP contribution < -0.4 is 5.73 Å². The molecule has 0 bridgehead atoms. The van der Waals surface area contributed by atoms with E-state index >= 15 is 0 Å².